The molecule has 0 saturated carbocycles. The van der Waals surface area contributed by atoms with Gasteiger partial charge in [0.15, 0.2) is 0 Å². The summed E-state index contributed by atoms with van der Waals surface area (Å²) in [6.07, 6.45) is 11.9. The smallest absolute Gasteiger partial charge is 0.0311 e. The van der Waals surface area contributed by atoms with Crippen LogP contribution in [0.5, 0.6) is 0 Å². The van der Waals surface area contributed by atoms with Crippen LogP contribution in [0.3, 0.4) is 0 Å². The Morgan fingerprint density at radius 1 is 1.47 bits per heavy atom. The second-order valence-corrected chi connectivity index (χ2v) is 4.72. The Kier molecular flexibility index (Phi) is 3.08. The molecule has 0 fully saturated rings. The third-order valence-electron chi connectivity index (χ3n) is 3.10. The molecule has 2 heteroatoms. The molecule has 82 valence electrons. The Hall–Kier alpha value is -0.860. The van der Waals surface area contributed by atoms with Gasteiger partial charge in [0.25, 0.3) is 0 Å². The highest BCUT2D eigenvalue weighted by Crippen LogP contribution is 2.30. The summed E-state index contributed by atoms with van der Waals surface area (Å²) in [6, 6.07) is 1.16. The van der Waals surface area contributed by atoms with Crippen molar-refractivity contribution in [2.45, 2.75) is 38.4 Å². The van der Waals surface area contributed by atoms with Crippen LogP contribution in [-0.2, 0) is 0 Å². The van der Waals surface area contributed by atoms with Crippen molar-refractivity contribution in [1.29, 1.82) is 0 Å². The van der Waals surface area contributed by atoms with Crippen LogP contribution >= 0.6 is 0 Å². The summed E-state index contributed by atoms with van der Waals surface area (Å²) in [5, 5.41) is 3.61. The minimum atomic E-state index is 0.159. The van der Waals surface area contributed by atoms with E-state index in [2.05, 4.69) is 49.5 Å². The summed E-state index contributed by atoms with van der Waals surface area (Å²) in [7, 11) is 0. The molecule has 0 aromatic carbocycles. The highest BCUT2D eigenvalue weighted by molar-refractivity contribution is 5.37. The van der Waals surface area contributed by atoms with Gasteiger partial charge in [-0.15, -0.1) is 0 Å². The van der Waals surface area contributed by atoms with Crippen LogP contribution < -0.4 is 11.1 Å². The van der Waals surface area contributed by atoms with Crippen molar-refractivity contribution in [3.63, 3.8) is 0 Å². The normalized spacial score (nSPS) is 34.1. The number of fused-ring (bicyclic) bond motifs is 1. The van der Waals surface area contributed by atoms with Crippen molar-refractivity contribution in [2.24, 2.45) is 11.7 Å². The minimum absolute atomic E-state index is 0.159. The van der Waals surface area contributed by atoms with Gasteiger partial charge in [-0.3, -0.25) is 0 Å². The zero-order chi connectivity index (χ0) is 10.8. The fourth-order valence-electron chi connectivity index (χ4n) is 2.51. The van der Waals surface area contributed by atoms with Gasteiger partial charge in [-0.2, -0.15) is 0 Å². The molecule has 0 aromatic heterocycles. The molecule has 3 unspecified atom stereocenters. The maximum absolute atomic E-state index is 6.15. The minimum Gasteiger partial charge on any atom is -0.324 e. The van der Waals surface area contributed by atoms with Gasteiger partial charge < -0.3 is 11.1 Å². The quantitative estimate of drug-likeness (QED) is 0.719. The molecular formula is C13H20N2. The highest BCUT2D eigenvalue weighted by atomic mass is 15.0. The maximum Gasteiger partial charge on any atom is 0.0311 e. The Balaban J connectivity index is 2.18. The van der Waals surface area contributed by atoms with Crippen molar-refractivity contribution in [2.75, 3.05) is 0 Å². The topological polar surface area (TPSA) is 38.0 Å². The van der Waals surface area contributed by atoms with E-state index in [9.17, 15) is 0 Å². The van der Waals surface area contributed by atoms with E-state index in [1.54, 1.807) is 0 Å². The average Bonchev–Trinajstić information content (AvgIpc) is 2.17. The third kappa shape index (κ3) is 2.21. The van der Waals surface area contributed by atoms with E-state index in [4.69, 9.17) is 5.73 Å². The summed E-state index contributed by atoms with van der Waals surface area (Å²) in [5.41, 5.74) is 7.52. The molecule has 0 saturated heterocycles. The van der Waals surface area contributed by atoms with Gasteiger partial charge in [-0.1, -0.05) is 44.2 Å². The molecule has 3 atom stereocenters. The SMILES string of the molecule is CC(C)NC1CC=CC2=CC=CC(N)C21. The van der Waals surface area contributed by atoms with Gasteiger partial charge >= 0.3 is 0 Å². The fraction of sp³-hybridized carbons (Fsp3) is 0.538. The summed E-state index contributed by atoms with van der Waals surface area (Å²) in [4.78, 5) is 0. The first-order valence-electron chi connectivity index (χ1n) is 5.75. The van der Waals surface area contributed by atoms with Crippen molar-refractivity contribution in [3.8, 4) is 0 Å². The van der Waals surface area contributed by atoms with E-state index in [-0.39, 0.29) is 6.04 Å². The second-order valence-electron chi connectivity index (χ2n) is 4.72. The fourth-order valence-corrected chi connectivity index (χ4v) is 2.51. The summed E-state index contributed by atoms with van der Waals surface area (Å²) < 4.78 is 0. The first-order chi connectivity index (χ1) is 7.18. The lowest BCUT2D eigenvalue weighted by Crippen LogP contribution is -2.49. The third-order valence-corrected chi connectivity index (χ3v) is 3.10. The molecule has 2 aliphatic rings. The van der Waals surface area contributed by atoms with Gasteiger partial charge in [0.2, 0.25) is 0 Å². The molecule has 0 aromatic rings. The van der Waals surface area contributed by atoms with Gasteiger partial charge in [-0.25, -0.2) is 0 Å². The molecule has 2 rings (SSSR count). The van der Waals surface area contributed by atoms with Crippen LogP contribution in [0.4, 0.5) is 0 Å². The Bertz CT molecular complexity index is 312. The molecule has 0 bridgehead atoms. The molecular weight excluding hydrogens is 184 g/mol. The molecule has 15 heavy (non-hydrogen) atoms. The lowest BCUT2D eigenvalue weighted by atomic mass is 9.77. The van der Waals surface area contributed by atoms with E-state index in [1.807, 2.05) is 0 Å². The molecule has 0 heterocycles. The van der Waals surface area contributed by atoms with Crippen LogP contribution in [0.2, 0.25) is 0 Å². The van der Waals surface area contributed by atoms with Crippen LogP contribution in [0, 0.1) is 5.92 Å². The number of rotatable bonds is 2. The number of hydrogen-bond donors (Lipinski definition) is 2. The molecule has 2 nitrogen and oxygen atoms in total. The molecule has 0 amide bonds. The number of nitrogens with one attached hydrogen (secondary N) is 1. The van der Waals surface area contributed by atoms with E-state index in [1.165, 1.54) is 5.57 Å². The first-order valence-corrected chi connectivity index (χ1v) is 5.75. The lowest BCUT2D eigenvalue weighted by molar-refractivity contribution is 0.342. The molecule has 2 aliphatic carbocycles. The number of allylic oxidation sites excluding steroid dienone is 3. The summed E-state index contributed by atoms with van der Waals surface area (Å²) in [5.74, 6) is 0.447. The largest absolute Gasteiger partial charge is 0.324 e. The molecule has 0 aliphatic heterocycles. The summed E-state index contributed by atoms with van der Waals surface area (Å²) >= 11 is 0. The van der Waals surface area contributed by atoms with Crippen molar-refractivity contribution < 1.29 is 0 Å². The van der Waals surface area contributed by atoms with Gasteiger partial charge in [0, 0.05) is 24.0 Å². The molecule has 0 radical (unpaired) electrons. The van der Waals surface area contributed by atoms with Gasteiger partial charge in [-0.05, 0) is 12.0 Å². The van der Waals surface area contributed by atoms with E-state index in [0.29, 0.717) is 18.0 Å². The lowest BCUT2D eigenvalue weighted by Gasteiger charge is -2.37. The van der Waals surface area contributed by atoms with E-state index in [0.717, 1.165) is 6.42 Å². The number of nitrogens with two attached hydrogens (primary N) is 1. The van der Waals surface area contributed by atoms with Gasteiger partial charge in [0.1, 0.15) is 0 Å². The van der Waals surface area contributed by atoms with E-state index >= 15 is 0 Å². The highest BCUT2D eigenvalue weighted by Gasteiger charge is 2.31. The average molecular weight is 204 g/mol. The van der Waals surface area contributed by atoms with Crippen LogP contribution in [0.1, 0.15) is 20.3 Å². The van der Waals surface area contributed by atoms with E-state index < -0.39 is 0 Å². The maximum atomic E-state index is 6.15. The molecule has 3 N–H and O–H groups in total. The predicted octanol–water partition coefficient (Wildman–Crippen LogP) is 1.75. The Morgan fingerprint density at radius 3 is 3.00 bits per heavy atom. The van der Waals surface area contributed by atoms with Crippen molar-refractivity contribution in [3.05, 3.63) is 36.0 Å². The monoisotopic (exact) mass is 204 g/mol. The van der Waals surface area contributed by atoms with Crippen LogP contribution in [0.25, 0.3) is 0 Å². The zero-order valence-corrected chi connectivity index (χ0v) is 9.48. The van der Waals surface area contributed by atoms with Crippen LogP contribution in [0.15, 0.2) is 36.0 Å². The molecule has 0 spiro atoms. The van der Waals surface area contributed by atoms with Gasteiger partial charge in [0.05, 0.1) is 0 Å². The zero-order valence-electron chi connectivity index (χ0n) is 9.48. The Labute approximate surface area is 91.9 Å². The standard InChI is InChI=1S/C13H20N2/c1-9(2)15-12-8-4-6-10-5-3-7-11(14)13(10)12/h3-7,9,11-13,15H,8,14H2,1-2H3. The second kappa shape index (κ2) is 4.33. The predicted molar refractivity (Wildman–Crippen MR) is 64.5 cm³/mol. The first kappa shape index (κ1) is 10.7. The van der Waals surface area contributed by atoms with Crippen LogP contribution in [-0.4, -0.2) is 18.1 Å². The van der Waals surface area contributed by atoms with Crippen molar-refractivity contribution >= 4 is 0 Å². The Morgan fingerprint density at radius 2 is 2.27 bits per heavy atom. The number of hydrogen-bond acceptors (Lipinski definition) is 2. The summed E-state index contributed by atoms with van der Waals surface area (Å²) in [6.45, 7) is 4.37. The van der Waals surface area contributed by atoms with Crippen molar-refractivity contribution in [1.82, 2.24) is 5.32 Å².